The topological polar surface area (TPSA) is 97.4 Å². The molecule has 0 atom stereocenters. The molecule has 0 spiro atoms. The summed E-state index contributed by atoms with van der Waals surface area (Å²) in [6.45, 7) is 1.35. The van der Waals surface area contributed by atoms with E-state index >= 15 is 0 Å². The van der Waals surface area contributed by atoms with Crippen LogP contribution in [0.4, 0.5) is 15.9 Å². The molecule has 2 amide bonds. The minimum Gasteiger partial charge on any atom is -0.384 e. The largest absolute Gasteiger partial charge is 0.384 e. The molecule has 1 aromatic heterocycles. The normalized spacial score (nSPS) is 16.6. The van der Waals surface area contributed by atoms with Gasteiger partial charge in [0.2, 0.25) is 0 Å². The molecule has 4 rings (SSSR count). The number of nitrogens with one attached hydrogen (secondary N) is 1. The van der Waals surface area contributed by atoms with Crippen molar-refractivity contribution in [1.82, 2.24) is 9.88 Å². The molecule has 0 bridgehead atoms. The van der Waals surface area contributed by atoms with Gasteiger partial charge in [-0.1, -0.05) is 6.07 Å². The molecule has 2 aliphatic rings. The van der Waals surface area contributed by atoms with Gasteiger partial charge in [-0.3, -0.25) is 24.3 Å². The maximum absolute atomic E-state index is 14.7. The lowest BCUT2D eigenvalue weighted by molar-refractivity contribution is 0.0880. The Labute approximate surface area is 148 Å². The highest BCUT2D eigenvalue weighted by molar-refractivity contribution is 6.23. The number of carbonyl (C=O) groups is 2. The van der Waals surface area contributed by atoms with E-state index in [9.17, 15) is 18.8 Å². The first-order chi connectivity index (χ1) is 12.5. The second kappa shape index (κ2) is 5.98. The number of nitrogens with two attached hydrogens (primary N) is 1. The third kappa shape index (κ3) is 2.37. The van der Waals surface area contributed by atoms with Crippen molar-refractivity contribution in [3.8, 4) is 5.69 Å². The van der Waals surface area contributed by atoms with E-state index in [1.807, 2.05) is 4.90 Å². The first-order valence-electron chi connectivity index (χ1n) is 8.44. The monoisotopic (exact) mass is 356 g/mol. The number of piperidine rings is 1. The molecule has 26 heavy (non-hydrogen) atoms. The van der Waals surface area contributed by atoms with E-state index in [-0.39, 0.29) is 28.3 Å². The summed E-state index contributed by atoms with van der Waals surface area (Å²) >= 11 is 0. The molecule has 134 valence electrons. The number of amides is 2. The van der Waals surface area contributed by atoms with Crippen LogP contribution in [0, 0.1) is 5.82 Å². The molecule has 1 fully saturated rings. The second-order valence-electron chi connectivity index (χ2n) is 6.43. The summed E-state index contributed by atoms with van der Waals surface area (Å²) in [6.07, 6.45) is 2.93. The third-order valence-corrected chi connectivity index (χ3v) is 4.83. The summed E-state index contributed by atoms with van der Waals surface area (Å²) in [5.74, 6) is -1.94. The van der Waals surface area contributed by atoms with Crippen molar-refractivity contribution in [2.45, 2.75) is 19.3 Å². The van der Waals surface area contributed by atoms with Crippen molar-refractivity contribution in [1.29, 1.82) is 0 Å². The summed E-state index contributed by atoms with van der Waals surface area (Å²) in [4.78, 5) is 38.4. The van der Waals surface area contributed by atoms with Crippen molar-refractivity contribution in [2.24, 2.45) is 0 Å². The highest BCUT2D eigenvalue weighted by Gasteiger charge is 2.32. The predicted molar refractivity (Wildman–Crippen MR) is 94.3 cm³/mol. The van der Waals surface area contributed by atoms with E-state index in [0.29, 0.717) is 13.1 Å². The SMILES string of the molecule is Nc1c2c(cc(=O)n1-c1cccc(F)c1N1CCCCC1)C(=O)NC2=O. The van der Waals surface area contributed by atoms with E-state index in [1.54, 1.807) is 6.07 Å². The molecule has 0 radical (unpaired) electrons. The zero-order valence-electron chi connectivity index (χ0n) is 13.9. The maximum atomic E-state index is 14.7. The van der Waals surface area contributed by atoms with E-state index in [4.69, 9.17) is 5.73 Å². The number of imide groups is 1. The Morgan fingerprint density at radius 3 is 2.50 bits per heavy atom. The molecular weight excluding hydrogens is 339 g/mol. The van der Waals surface area contributed by atoms with Gasteiger partial charge in [-0.2, -0.15) is 0 Å². The number of fused-ring (bicyclic) bond motifs is 1. The average Bonchev–Trinajstić information content (AvgIpc) is 2.89. The fraction of sp³-hybridized carbons (Fsp3) is 0.278. The van der Waals surface area contributed by atoms with Gasteiger partial charge in [0.1, 0.15) is 11.6 Å². The summed E-state index contributed by atoms with van der Waals surface area (Å²) in [6, 6.07) is 5.48. The van der Waals surface area contributed by atoms with Gasteiger partial charge in [-0.15, -0.1) is 0 Å². The molecular formula is C18H17FN4O3. The van der Waals surface area contributed by atoms with Crippen LogP contribution in [-0.2, 0) is 0 Å². The standard InChI is InChI=1S/C18H17FN4O3/c19-11-5-4-6-12(15(11)22-7-2-1-3-8-22)23-13(24)9-10-14(16(23)20)18(26)21-17(10)25/h4-6,9H,1-3,7-8,20H2,(H,21,25,26). The van der Waals surface area contributed by atoms with E-state index in [2.05, 4.69) is 5.32 Å². The van der Waals surface area contributed by atoms with E-state index in [0.717, 1.165) is 29.9 Å². The third-order valence-electron chi connectivity index (χ3n) is 4.83. The minimum atomic E-state index is -0.660. The van der Waals surface area contributed by atoms with Gasteiger partial charge in [0, 0.05) is 19.2 Å². The van der Waals surface area contributed by atoms with E-state index in [1.165, 1.54) is 12.1 Å². The number of benzene rings is 1. The summed E-state index contributed by atoms with van der Waals surface area (Å²) in [5.41, 5.74) is 5.94. The van der Waals surface area contributed by atoms with Crippen LogP contribution in [0.5, 0.6) is 0 Å². The van der Waals surface area contributed by atoms with Crippen LogP contribution in [0.25, 0.3) is 5.69 Å². The molecule has 2 aromatic rings. The van der Waals surface area contributed by atoms with Crippen molar-refractivity contribution >= 4 is 23.3 Å². The molecule has 1 aromatic carbocycles. The van der Waals surface area contributed by atoms with Gasteiger partial charge in [0.25, 0.3) is 17.4 Å². The molecule has 8 heteroatoms. The first-order valence-corrected chi connectivity index (χ1v) is 8.44. The molecule has 0 saturated carbocycles. The molecule has 0 aliphatic carbocycles. The molecule has 2 aliphatic heterocycles. The van der Waals surface area contributed by atoms with Crippen LogP contribution in [0.3, 0.4) is 0 Å². The molecule has 0 unspecified atom stereocenters. The van der Waals surface area contributed by atoms with Gasteiger partial charge >= 0.3 is 0 Å². The van der Waals surface area contributed by atoms with Crippen molar-refractivity contribution < 1.29 is 14.0 Å². The van der Waals surface area contributed by atoms with Crippen LogP contribution in [0.15, 0.2) is 29.1 Å². The summed E-state index contributed by atoms with van der Waals surface area (Å²) < 4.78 is 15.8. The number of halogens is 1. The Balaban J connectivity index is 1.97. The Kier molecular flexibility index (Phi) is 3.75. The van der Waals surface area contributed by atoms with Crippen LogP contribution in [0.2, 0.25) is 0 Å². The summed E-state index contributed by atoms with van der Waals surface area (Å²) in [5, 5.41) is 2.12. The number of hydrogen-bond donors (Lipinski definition) is 2. The number of pyridine rings is 1. The van der Waals surface area contributed by atoms with Crippen LogP contribution < -0.4 is 21.5 Å². The number of para-hydroxylation sites is 1. The van der Waals surface area contributed by atoms with Crippen LogP contribution in [0.1, 0.15) is 40.0 Å². The Hall–Kier alpha value is -3.16. The second-order valence-corrected chi connectivity index (χ2v) is 6.43. The van der Waals surface area contributed by atoms with Gasteiger partial charge in [0.05, 0.1) is 22.5 Å². The number of hydrogen-bond acceptors (Lipinski definition) is 5. The number of aromatic nitrogens is 1. The quantitative estimate of drug-likeness (QED) is 0.794. The van der Waals surface area contributed by atoms with Crippen molar-refractivity contribution in [3.05, 3.63) is 51.6 Å². The van der Waals surface area contributed by atoms with Gasteiger partial charge in [-0.25, -0.2) is 4.39 Å². The van der Waals surface area contributed by atoms with Crippen molar-refractivity contribution in [3.63, 3.8) is 0 Å². The van der Waals surface area contributed by atoms with Gasteiger partial charge in [0.15, 0.2) is 0 Å². The zero-order chi connectivity index (χ0) is 18.4. The smallest absolute Gasteiger partial charge is 0.262 e. The van der Waals surface area contributed by atoms with Crippen LogP contribution in [-0.4, -0.2) is 29.5 Å². The average molecular weight is 356 g/mol. The number of nitrogens with zero attached hydrogens (tertiary/aromatic N) is 2. The molecule has 3 heterocycles. The van der Waals surface area contributed by atoms with Gasteiger partial charge < -0.3 is 10.6 Å². The molecule has 1 saturated heterocycles. The number of rotatable bonds is 2. The number of carbonyl (C=O) groups excluding carboxylic acids is 2. The van der Waals surface area contributed by atoms with Crippen LogP contribution >= 0.6 is 0 Å². The minimum absolute atomic E-state index is 0.0512. The van der Waals surface area contributed by atoms with Crippen molar-refractivity contribution in [2.75, 3.05) is 23.7 Å². The first kappa shape index (κ1) is 16.3. The van der Waals surface area contributed by atoms with Gasteiger partial charge in [-0.05, 0) is 31.4 Å². The highest BCUT2D eigenvalue weighted by atomic mass is 19.1. The Morgan fingerprint density at radius 1 is 1.04 bits per heavy atom. The predicted octanol–water partition coefficient (Wildman–Crippen LogP) is 1.43. The maximum Gasteiger partial charge on any atom is 0.262 e. The highest BCUT2D eigenvalue weighted by Crippen LogP contribution is 2.32. The lowest BCUT2D eigenvalue weighted by Gasteiger charge is -2.31. The van der Waals surface area contributed by atoms with E-state index < -0.39 is 23.2 Å². The molecule has 3 N–H and O–H groups in total. The Morgan fingerprint density at radius 2 is 1.77 bits per heavy atom. The summed E-state index contributed by atoms with van der Waals surface area (Å²) in [7, 11) is 0. The zero-order valence-corrected chi connectivity index (χ0v) is 13.9. The fourth-order valence-electron chi connectivity index (χ4n) is 3.64. The number of nitrogen functional groups attached to an aromatic ring is 1. The Bertz CT molecular complexity index is 993. The lowest BCUT2D eigenvalue weighted by atomic mass is 10.1. The fourth-order valence-corrected chi connectivity index (χ4v) is 3.64. The lowest BCUT2D eigenvalue weighted by Crippen LogP contribution is -2.33. The number of anilines is 2. The molecule has 7 nitrogen and oxygen atoms in total.